The van der Waals surface area contributed by atoms with Crippen molar-refractivity contribution in [1.29, 1.82) is 0 Å². The van der Waals surface area contributed by atoms with E-state index in [2.05, 4.69) is 34.0 Å². The summed E-state index contributed by atoms with van der Waals surface area (Å²) in [6, 6.07) is 7.73. The average Bonchev–Trinajstić information content (AvgIpc) is 2.67. The van der Waals surface area contributed by atoms with Crippen molar-refractivity contribution in [3.8, 4) is 0 Å². The van der Waals surface area contributed by atoms with Crippen LogP contribution in [0.4, 0.5) is 0 Å². The molecule has 0 aliphatic carbocycles. The Kier molecular flexibility index (Phi) is 3.82. The lowest BCUT2D eigenvalue weighted by molar-refractivity contribution is 0.213. The van der Waals surface area contributed by atoms with Gasteiger partial charge in [-0.05, 0) is 38.4 Å². The lowest BCUT2D eigenvalue weighted by Gasteiger charge is -2.25. The van der Waals surface area contributed by atoms with Gasteiger partial charge in [0, 0.05) is 38.3 Å². The Morgan fingerprint density at radius 2 is 2.00 bits per heavy atom. The summed E-state index contributed by atoms with van der Waals surface area (Å²) in [5.41, 5.74) is 7.81. The molecule has 2 bridgehead atoms. The van der Waals surface area contributed by atoms with Gasteiger partial charge < -0.3 is 5.73 Å². The molecule has 2 atom stereocenters. The number of rotatable bonds is 3. The van der Waals surface area contributed by atoms with E-state index in [1.165, 1.54) is 32.4 Å². The maximum absolute atomic E-state index is 5.66. The molecule has 3 heterocycles. The van der Waals surface area contributed by atoms with Gasteiger partial charge in [-0.25, -0.2) is 0 Å². The summed E-state index contributed by atoms with van der Waals surface area (Å²) in [6.07, 6.45) is 4.04. The molecule has 0 radical (unpaired) electrons. The first-order chi connectivity index (χ1) is 9.26. The third-order valence-corrected chi connectivity index (χ3v) is 4.69. The number of aromatic nitrogens is 1. The van der Waals surface area contributed by atoms with Crippen LogP contribution in [-0.4, -0.2) is 47.0 Å². The highest BCUT2D eigenvalue weighted by atomic mass is 15.3. The zero-order chi connectivity index (χ0) is 13.2. The van der Waals surface area contributed by atoms with E-state index < -0.39 is 0 Å². The quantitative estimate of drug-likeness (QED) is 0.887. The Hall–Kier alpha value is -0.970. The zero-order valence-corrected chi connectivity index (χ0v) is 11.8. The summed E-state index contributed by atoms with van der Waals surface area (Å²) in [5, 5.41) is 0. The molecule has 0 saturated carbocycles. The predicted octanol–water partition coefficient (Wildman–Crippen LogP) is 1.21. The summed E-state index contributed by atoms with van der Waals surface area (Å²) in [5.74, 6) is 0. The van der Waals surface area contributed by atoms with E-state index in [1.54, 1.807) is 0 Å². The molecule has 2 saturated heterocycles. The highest BCUT2D eigenvalue weighted by molar-refractivity contribution is 5.11. The topological polar surface area (TPSA) is 45.4 Å². The number of hydrogen-bond donors (Lipinski definition) is 1. The van der Waals surface area contributed by atoms with Crippen LogP contribution in [0, 0.1) is 0 Å². The second kappa shape index (κ2) is 5.57. The number of likely N-dealkylation sites (tertiary alicyclic amines) is 1. The molecule has 2 N–H and O–H groups in total. The van der Waals surface area contributed by atoms with Gasteiger partial charge >= 0.3 is 0 Å². The number of nitrogens with two attached hydrogens (primary N) is 1. The van der Waals surface area contributed by atoms with E-state index >= 15 is 0 Å². The van der Waals surface area contributed by atoms with Crippen molar-refractivity contribution in [3.05, 3.63) is 29.6 Å². The van der Waals surface area contributed by atoms with Crippen LogP contribution in [0.25, 0.3) is 0 Å². The van der Waals surface area contributed by atoms with Gasteiger partial charge in [0.2, 0.25) is 0 Å². The Balaban J connectivity index is 1.66. The Morgan fingerprint density at radius 1 is 1.21 bits per heavy atom. The third-order valence-electron chi connectivity index (χ3n) is 4.69. The Labute approximate surface area is 115 Å². The molecule has 19 heavy (non-hydrogen) atoms. The highest BCUT2D eigenvalue weighted by Gasteiger charge is 2.34. The fraction of sp³-hybridized carbons (Fsp3) is 0.667. The minimum absolute atomic E-state index is 0.529. The second-order valence-electron chi connectivity index (χ2n) is 5.90. The Morgan fingerprint density at radius 3 is 2.84 bits per heavy atom. The lowest BCUT2D eigenvalue weighted by Crippen LogP contribution is -2.36. The largest absolute Gasteiger partial charge is 0.325 e. The molecule has 3 rings (SSSR count). The highest BCUT2D eigenvalue weighted by Crippen LogP contribution is 2.28. The molecule has 2 aliphatic heterocycles. The van der Waals surface area contributed by atoms with Gasteiger partial charge in [0.25, 0.3) is 0 Å². The lowest BCUT2D eigenvalue weighted by atomic mass is 10.1. The molecule has 104 valence electrons. The Bertz CT molecular complexity index is 434. The second-order valence-corrected chi connectivity index (χ2v) is 5.90. The smallest absolute Gasteiger partial charge is 0.0547 e. The fourth-order valence-electron chi connectivity index (χ4n) is 3.48. The molecule has 0 aromatic carbocycles. The molecular weight excluding hydrogens is 236 g/mol. The van der Waals surface area contributed by atoms with E-state index in [0.29, 0.717) is 6.54 Å². The standard InChI is InChI=1S/C15H24N4/c1-18-14-5-6-15(18)11-19(8-7-14)10-13-4-2-3-12(9-16)17-13/h2-4,14-15H,5-11,16H2,1H3. The first kappa shape index (κ1) is 13.0. The molecule has 0 spiro atoms. The van der Waals surface area contributed by atoms with Gasteiger partial charge in [0.05, 0.1) is 11.4 Å². The van der Waals surface area contributed by atoms with Crippen LogP contribution in [-0.2, 0) is 13.1 Å². The van der Waals surface area contributed by atoms with E-state index in [-0.39, 0.29) is 0 Å². The van der Waals surface area contributed by atoms with Gasteiger partial charge in [0.15, 0.2) is 0 Å². The van der Waals surface area contributed by atoms with Crippen LogP contribution in [0.1, 0.15) is 30.7 Å². The molecule has 1 aromatic rings. The van der Waals surface area contributed by atoms with Gasteiger partial charge in [-0.2, -0.15) is 0 Å². The number of pyridine rings is 1. The summed E-state index contributed by atoms with van der Waals surface area (Å²) >= 11 is 0. The summed E-state index contributed by atoms with van der Waals surface area (Å²) in [7, 11) is 2.29. The monoisotopic (exact) mass is 260 g/mol. The summed E-state index contributed by atoms with van der Waals surface area (Å²) in [6.45, 7) is 3.87. The van der Waals surface area contributed by atoms with Crippen molar-refractivity contribution in [3.63, 3.8) is 0 Å². The van der Waals surface area contributed by atoms with Crippen molar-refractivity contribution in [2.75, 3.05) is 20.1 Å². The molecule has 0 amide bonds. The minimum Gasteiger partial charge on any atom is -0.325 e. The molecule has 1 aromatic heterocycles. The maximum Gasteiger partial charge on any atom is 0.0547 e. The molecule has 2 aliphatic rings. The van der Waals surface area contributed by atoms with Crippen molar-refractivity contribution in [2.24, 2.45) is 5.73 Å². The van der Waals surface area contributed by atoms with Gasteiger partial charge in [-0.15, -0.1) is 0 Å². The number of fused-ring (bicyclic) bond motifs is 2. The molecule has 4 nitrogen and oxygen atoms in total. The first-order valence-electron chi connectivity index (χ1n) is 7.35. The van der Waals surface area contributed by atoms with Crippen molar-refractivity contribution < 1.29 is 0 Å². The van der Waals surface area contributed by atoms with Crippen LogP contribution in [0.3, 0.4) is 0 Å². The molecule has 2 unspecified atom stereocenters. The fourth-order valence-corrected chi connectivity index (χ4v) is 3.48. The zero-order valence-electron chi connectivity index (χ0n) is 11.8. The van der Waals surface area contributed by atoms with Crippen molar-refractivity contribution in [1.82, 2.24) is 14.8 Å². The van der Waals surface area contributed by atoms with E-state index in [0.717, 1.165) is 30.0 Å². The number of hydrogen-bond acceptors (Lipinski definition) is 4. The first-order valence-corrected chi connectivity index (χ1v) is 7.35. The van der Waals surface area contributed by atoms with Gasteiger partial charge in [-0.1, -0.05) is 6.07 Å². The third kappa shape index (κ3) is 2.81. The minimum atomic E-state index is 0.529. The van der Waals surface area contributed by atoms with Crippen LogP contribution >= 0.6 is 0 Å². The molecule has 4 heteroatoms. The molecule has 2 fully saturated rings. The maximum atomic E-state index is 5.66. The van der Waals surface area contributed by atoms with Crippen LogP contribution in [0.5, 0.6) is 0 Å². The van der Waals surface area contributed by atoms with E-state index in [9.17, 15) is 0 Å². The number of nitrogens with zero attached hydrogens (tertiary/aromatic N) is 3. The van der Waals surface area contributed by atoms with Crippen LogP contribution in [0.2, 0.25) is 0 Å². The summed E-state index contributed by atoms with van der Waals surface area (Å²) < 4.78 is 0. The van der Waals surface area contributed by atoms with E-state index in [4.69, 9.17) is 5.73 Å². The van der Waals surface area contributed by atoms with Crippen molar-refractivity contribution >= 4 is 0 Å². The average molecular weight is 260 g/mol. The van der Waals surface area contributed by atoms with Crippen LogP contribution < -0.4 is 5.73 Å². The van der Waals surface area contributed by atoms with Crippen molar-refractivity contribution in [2.45, 2.75) is 44.4 Å². The van der Waals surface area contributed by atoms with Gasteiger partial charge in [-0.3, -0.25) is 14.8 Å². The van der Waals surface area contributed by atoms with Gasteiger partial charge in [0.1, 0.15) is 0 Å². The SMILES string of the molecule is CN1C2CCC1CN(Cc1cccc(CN)n1)CC2. The van der Waals surface area contributed by atoms with E-state index in [1.807, 2.05) is 6.07 Å². The molecular formula is C15H24N4. The van der Waals surface area contributed by atoms with Crippen LogP contribution in [0.15, 0.2) is 18.2 Å². The number of likely N-dealkylation sites (N-methyl/N-ethyl adjacent to an activating group) is 1. The summed E-state index contributed by atoms with van der Waals surface area (Å²) in [4.78, 5) is 9.76. The predicted molar refractivity (Wildman–Crippen MR) is 76.6 cm³/mol. The normalized spacial score (nSPS) is 28.5.